The van der Waals surface area contributed by atoms with E-state index in [0.717, 1.165) is 23.3 Å². The predicted octanol–water partition coefficient (Wildman–Crippen LogP) is 4.53. The molecule has 1 unspecified atom stereocenters. The maximum absolute atomic E-state index is 12.9. The van der Waals surface area contributed by atoms with Crippen molar-refractivity contribution in [2.24, 2.45) is 0 Å². The van der Waals surface area contributed by atoms with E-state index in [9.17, 15) is 22.8 Å². The summed E-state index contributed by atoms with van der Waals surface area (Å²) in [7, 11) is 1.26. The first-order valence-electron chi connectivity index (χ1n) is 8.81. The van der Waals surface area contributed by atoms with Gasteiger partial charge in [-0.3, -0.25) is 9.59 Å². The summed E-state index contributed by atoms with van der Waals surface area (Å²) >= 11 is 0. The molecule has 1 aromatic heterocycles. The summed E-state index contributed by atoms with van der Waals surface area (Å²) in [5.41, 5.74) is 1.17. The van der Waals surface area contributed by atoms with Crippen LogP contribution in [0.1, 0.15) is 39.6 Å². The summed E-state index contributed by atoms with van der Waals surface area (Å²) in [6.07, 6.45) is -4.55. The standard InChI is InChI=1S/C21H19F3N2O3/c1-12-4-3-5-13(8-12)17(11-19(27)29-2)26-20(28)18-9-14-6-7-15(21(22,23)24)10-16(14)25-18/h3-10,17,25H,11H2,1-2H3,(H,26,28). The number of nitrogens with one attached hydrogen (secondary N) is 2. The van der Waals surface area contributed by atoms with Gasteiger partial charge in [0.05, 0.1) is 25.1 Å². The van der Waals surface area contributed by atoms with E-state index in [-0.39, 0.29) is 17.6 Å². The van der Waals surface area contributed by atoms with Crippen molar-refractivity contribution in [3.63, 3.8) is 0 Å². The van der Waals surface area contributed by atoms with Crippen molar-refractivity contribution >= 4 is 22.8 Å². The Morgan fingerprint density at radius 1 is 1.14 bits per heavy atom. The number of carbonyl (C=O) groups excluding carboxylic acids is 2. The molecule has 2 aromatic carbocycles. The van der Waals surface area contributed by atoms with Gasteiger partial charge in [0.1, 0.15) is 5.69 Å². The number of hydrogen-bond acceptors (Lipinski definition) is 3. The monoisotopic (exact) mass is 404 g/mol. The Balaban J connectivity index is 1.88. The minimum absolute atomic E-state index is 0.0792. The number of carbonyl (C=O) groups is 2. The van der Waals surface area contributed by atoms with Gasteiger partial charge in [0.25, 0.3) is 5.91 Å². The minimum atomic E-state index is -4.47. The van der Waals surface area contributed by atoms with Gasteiger partial charge in [-0.05, 0) is 30.7 Å². The van der Waals surface area contributed by atoms with Crippen molar-refractivity contribution in [2.75, 3.05) is 7.11 Å². The van der Waals surface area contributed by atoms with E-state index in [2.05, 4.69) is 10.3 Å². The molecule has 0 bridgehead atoms. The van der Waals surface area contributed by atoms with Crippen LogP contribution >= 0.6 is 0 Å². The van der Waals surface area contributed by atoms with E-state index in [1.807, 2.05) is 25.1 Å². The summed E-state index contributed by atoms with van der Waals surface area (Å²) in [4.78, 5) is 27.2. The lowest BCUT2D eigenvalue weighted by Crippen LogP contribution is -2.30. The first kappa shape index (κ1) is 20.4. The highest BCUT2D eigenvalue weighted by molar-refractivity contribution is 5.98. The summed E-state index contributed by atoms with van der Waals surface area (Å²) in [5.74, 6) is -1.03. The maximum Gasteiger partial charge on any atom is 0.416 e. The van der Waals surface area contributed by atoms with Crippen LogP contribution in [-0.4, -0.2) is 24.0 Å². The van der Waals surface area contributed by atoms with Crippen LogP contribution in [0.15, 0.2) is 48.5 Å². The van der Waals surface area contributed by atoms with Gasteiger partial charge in [0.15, 0.2) is 0 Å². The SMILES string of the molecule is COC(=O)CC(NC(=O)c1cc2ccc(C(F)(F)F)cc2[nH]1)c1cccc(C)c1. The van der Waals surface area contributed by atoms with Gasteiger partial charge < -0.3 is 15.0 Å². The molecule has 152 valence electrons. The molecule has 8 heteroatoms. The number of alkyl halides is 3. The number of benzene rings is 2. The smallest absolute Gasteiger partial charge is 0.416 e. The van der Waals surface area contributed by atoms with Crippen molar-refractivity contribution in [3.05, 3.63) is 70.9 Å². The number of aromatic amines is 1. The molecule has 0 spiro atoms. The van der Waals surface area contributed by atoms with Gasteiger partial charge in [-0.1, -0.05) is 35.9 Å². The zero-order valence-electron chi connectivity index (χ0n) is 15.8. The molecule has 0 saturated carbocycles. The van der Waals surface area contributed by atoms with Gasteiger partial charge in [0, 0.05) is 10.9 Å². The first-order valence-corrected chi connectivity index (χ1v) is 8.81. The second kappa shape index (κ2) is 7.98. The maximum atomic E-state index is 12.9. The fourth-order valence-electron chi connectivity index (χ4n) is 3.05. The van der Waals surface area contributed by atoms with Crippen molar-refractivity contribution < 1.29 is 27.5 Å². The molecular weight excluding hydrogens is 385 g/mol. The number of ether oxygens (including phenoxy) is 1. The second-order valence-corrected chi connectivity index (χ2v) is 6.70. The Hall–Kier alpha value is -3.29. The number of esters is 1. The molecule has 3 rings (SSSR count). The number of rotatable bonds is 5. The molecule has 29 heavy (non-hydrogen) atoms. The van der Waals surface area contributed by atoms with E-state index in [4.69, 9.17) is 4.74 Å². The molecule has 0 fully saturated rings. The van der Waals surface area contributed by atoms with E-state index in [0.29, 0.717) is 5.39 Å². The average Bonchev–Trinajstić information content (AvgIpc) is 3.10. The third kappa shape index (κ3) is 4.77. The molecule has 1 amide bonds. The fraction of sp³-hybridized carbons (Fsp3) is 0.238. The van der Waals surface area contributed by atoms with Gasteiger partial charge in [-0.25, -0.2) is 0 Å². The Bertz CT molecular complexity index is 1060. The zero-order valence-corrected chi connectivity index (χ0v) is 15.8. The van der Waals surface area contributed by atoms with Crippen molar-refractivity contribution in [3.8, 4) is 0 Å². The molecule has 3 aromatic rings. The summed E-state index contributed by atoms with van der Waals surface area (Å²) in [6.45, 7) is 1.89. The van der Waals surface area contributed by atoms with Gasteiger partial charge >= 0.3 is 12.1 Å². The quantitative estimate of drug-likeness (QED) is 0.614. The van der Waals surface area contributed by atoms with Crippen molar-refractivity contribution in [2.45, 2.75) is 25.6 Å². The highest BCUT2D eigenvalue weighted by atomic mass is 19.4. The molecule has 0 aliphatic rings. The zero-order chi connectivity index (χ0) is 21.2. The second-order valence-electron chi connectivity index (χ2n) is 6.70. The Labute approximate surface area is 164 Å². The highest BCUT2D eigenvalue weighted by Gasteiger charge is 2.30. The highest BCUT2D eigenvalue weighted by Crippen LogP contribution is 2.31. The molecule has 0 aliphatic heterocycles. The first-order chi connectivity index (χ1) is 13.7. The van der Waals surface area contributed by atoms with E-state index in [1.165, 1.54) is 19.2 Å². The largest absolute Gasteiger partial charge is 0.469 e. The molecule has 0 radical (unpaired) electrons. The fourth-order valence-corrected chi connectivity index (χ4v) is 3.05. The lowest BCUT2D eigenvalue weighted by atomic mass is 10.0. The van der Waals surface area contributed by atoms with Gasteiger partial charge in [-0.15, -0.1) is 0 Å². The van der Waals surface area contributed by atoms with Crippen LogP contribution in [0.25, 0.3) is 10.9 Å². The number of fused-ring (bicyclic) bond motifs is 1. The van der Waals surface area contributed by atoms with E-state index >= 15 is 0 Å². The molecule has 1 atom stereocenters. The molecule has 0 saturated heterocycles. The topological polar surface area (TPSA) is 71.2 Å². The van der Waals surface area contributed by atoms with Gasteiger partial charge in [-0.2, -0.15) is 13.2 Å². The summed E-state index contributed by atoms with van der Waals surface area (Å²) in [5, 5.41) is 3.23. The third-order valence-corrected chi connectivity index (χ3v) is 4.54. The number of hydrogen-bond donors (Lipinski definition) is 2. The molecule has 5 nitrogen and oxygen atoms in total. The van der Waals surface area contributed by atoms with E-state index < -0.39 is 29.7 Å². The van der Waals surface area contributed by atoms with Crippen LogP contribution in [0.3, 0.4) is 0 Å². The number of aromatic nitrogens is 1. The average molecular weight is 404 g/mol. The summed E-state index contributed by atoms with van der Waals surface area (Å²) < 4.78 is 43.4. The van der Waals surface area contributed by atoms with Crippen LogP contribution in [0.4, 0.5) is 13.2 Å². The van der Waals surface area contributed by atoms with Crippen LogP contribution in [0, 0.1) is 6.92 Å². The lowest BCUT2D eigenvalue weighted by Gasteiger charge is -2.18. The molecular formula is C21H19F3N2O3. The minimum Gasteiger partial charge on any atom is -0.469 e. The number of methoxy groups -OCH3 is 1. The Morgan fingerprint density at radius 3 is 2.55 bits per heavy atom. The molecule has 1 heterocycles. The number of halogens is 3. The van der Waals surface area contributed by atoms with E-state index in [1.54, 1.807) is 6.07 Å². The number of aryl methyl sites for hydroxylation is 1. The van der Waals surface area contributed by atoms with Gasteiger partial charge in [0.2, 0.25) is 0 Å². The number of amides is 1. The van der Waals surface area contributed by atoms with Crippen LogP contribution < -0.4 is 5.32 Å². The summed E-state index contributed by atoms with van der Waals surface area (Å²) in [6, 6.07) is 11.4. The molecule has 0 aliphatic carbocycles. The lowest BCUT2D eigenvalue weighted by molar-refractivity contribution is -0.141. The predicted molar refractivity (Wildman–Crippen MR) is 101 cm³/mol. The molecule has 2 N–H and O–H groups in total. The normalized spacial score (nSPS) is 12.6. The Morgan fingerprint density at radius 2 is 1.90 bits per heavy atom. The van der Waals surface area contributed by atoms with Crippen LogP contribution in [0.2, 0.25) is 0 Å². The Kier molecular flexibility index (Phi) is 5.63. The van der Waals surface area contributed by atoms with Crippen LogP contribution in [-0.2, 0) is 15.7 Å². The van der Waals surface area contributed by atoms with Crippen molar-refractivity contribution in [1.29, 1.82) is 0 Å². The third-order valence-electron chi connectivity index (χ3n) is 4.54. The van der Waals surface area contributed by atoms with Crippen molar-refractivity contribution in [1.82, 2.24) is 10.3 Å². The number of H-pyrrole nitrogens is 1. The van der Waals surface area contributed by atoms with Crippen LogP contribution in [0.5, 0.6) is 0 Å².